The van der Waals surface area contributed by atoms with E-state index in [0.717, 1.165) is 11.0 Å². The van der Waals surface area contributed by atoms with Gasteiger partial charge >= 0.3 is 7.48 Å². The maximum absolute atomic E-state index is 10.1. The van der Waals surface area contributed by atoms with E-state index >= 15 is 0 Å². The predicted octanol–water partition coefficient (Wildman–Crippen LogP) is 1.69. The van der Waals surface area contributed by atoms with Gasteiger partial charge in [-0.05, 0) is 33.3 Å². The molecule has 0 bridgehead atoms. The van der Waals surface area contributed by atoms with Gasteiger partial charge in [-0.3, -0.25) is 0 Å². The molecule has 7 heteroatoms. The lowest BCUT2D eigenvalue weighted by molar-refractivity contribution is -0.0893. The smallest absolute Gasteiger partial charge is 0.330 e. The Kier molecular flexibility index (Phi) is 11.1. The predicted molar refractivity (Wildman–Crippen MR) is 106 cm³/mol. The Morgan fingerprint density at radius 1 is 0.815 bits per heavy atom. The molecule has 0 unspecified atom stereocenters. The number of aliphatic hydroxyl groups is 1. The first kappa shape index (κ1) is 24.1. The van der Waals surface area contributed by atoms with Crippen LogP contribution in [0.4, 0.5) is 0 Å². The summed E-state index contributed by atoms with van der Waals surface area (Å²) in [6.45, 7) is 11.1. The molecule has 0 saturated heterocycles. The second-order valence-electron chi connectivity index (χ2n) is 7.32. The van der Waals surface area contributed by atoms with Gasteiger partial charge in [0.05, 0.1) is 57.5 Å². The number of rotatable bonds is 15. The summed E-state index contributed by atoms with van der Waals surface area (Å²) in [7, 11) is 3.32. The van der Waals surface area contributed by atoms with Gasteiger partial charge in [-0.2, -0.15) is 0 Å². The zero-order chi connectivity index (χ0) is 20.2. The van der Waals surface area contributed by atoms with Gasteiger partial charge in [0.15, 0.2) is 0 Å². The van der Waals surface area contributed by atoms with Gasteiger partial charge in [0.1, 0.15) is 0 Å². The zero-order valence-corrected chi connectivity index (χ0v) is 17.3. The molecule has 0 aliphatic rings. The highest BCUT2D eigenvalue weighted by Gasteiger charge is 2.35. The number of ether oxygens (including phenoxy) is 4. The summed E-state index contributed by atoms with van der Waals surface area (Å²) in [6, 6.07) is 7.92. The van der Waals surface area contributed by atoms with Crippen LogP contribution in [0.3, 0.4) is 0 Å². The molecule has 0 saturated carbocycles. The summed E-state index contributed by atoms with van der Waals surface area (Å²) in [5.74, 6) is 0. The molecule has 0 spiro atoms. The lowest BCUT2D eigenvalue weighted by Crippen LogP contribution is -2.49. The van der Waals surface area contributed by atoms with Crippen LogP contribution >= 0.6 is 0 Å². The average Bonchev–Trinajstić information content (AvgIpc) is 2.61. The maximum Gasteiger partial charge on any atom is 0.330 e. The van der Waals surface area contributed by atoms with Gasteiger partial charge in [-0.25, -0.2) is 0 Å². The van der Waals surface area contributed by atoms with Crippen molar-refractivity contribution in [3.63, 3.8) is 0 Å². The van der Waals surface area contributed by atoms with Crippen LogP contribution in [0.15, 0.2) is 24.3 Å². The van der Waals surface area contributed by atoms with Crippen molar-refractivity contribution in [2.24, 2.45) is 0 Å². The summed E-state index contributed by atoms with van der Waals surface area (Å²) in [6.07, 6.45) is 0. The lowest BCUT2D eigenvalue weighted by atomic mass is 9.82. The Morgan fingerprint density at radius 3 is 1.85 bits per heavy atom. The summed E-state index contributed by atoms with van der Waals surface area (Å²) >= 11 is 0. The monoisotopic (exact) mass is 381 g/mol. The third-order valence-corrected chi connectivity index (χ3v) is 4.39. The minimum absolute atomic E-state index is 0.532. The standard InChI is InChI=1S/C20H34BO6/c1-19(2,22)20(3,4)27-21-18-8-6-17(7-9-18)16-26-15-14-25-13-12-24-11-10-23-5/h6-9,22H,10-16H2,1-5H3. The lowest BCUT2D eigenvalue weighted by Gasteiger charge is -2.37. The highest BCUT2D eigenvalue weighted by Crippen LogP contribution is 2.24. The highest BCUT2D eigenvalue weighted by molar-refractivity contribution is 6.47. The van der Waals surface area contributed by atoms with Crippen LogP contribution in [-0.2, 0) is 30.2 Å². The van der Waals surface area contributed by atoms with Crippen LogP contribution in [0.5, 0.6) is 0 Å². The van der Waals surface area contributed by atoms with Crippen molar-refractivity contribution in [3.05, 3.63) is 29.8 Å². The molecule has 6 nitrogen and oxygen atoms in total. The van der Waals surface area contributed by atoms with Crippen LogP contribution in [0.25, 0.3) is 0 Å². The highest BCUT2D eigenvalue weighted by atomic mass is 16.6. The Morgan fingerprint density at radius 2 is 1.33 bits per heavy atom. The number of hydrogen-bond acceptors (Lipinski definition) is 6. The van der Waals surface area contributed by atoms with Crippen molar-refractivity contribution in [2.45, 2.75) is 45.5 Å². The van der Waals surface area contributed by atoms with Gasteiger partial charge in [0, 0.05) is 7.11 Å². The van der Waals surface area contributed by atoms with Crippen molar-refractivity contribution in [2.75, 3.05) is 46.8 Å². The van der Waals surface area contributed by atoms with Crippen molar-refractivity contribution in [1.82, 2.24) is 0 Å². The van der Waals surface area contributed by atoms with Gasteiger partial charge < -0.3 is 28.7 Å². The molecule has 0 aromatic heterocycles. The largest absolute Gasteiger partial charge is 0.427 e. The summed E-state index contributed by atoms with van der Waals surface area (Å²) in [4.78, 5) is 0. The van der Waals surface area contributed by atoms with Crippen LogP contribution in [-0.4, -0.2) is 70.5 Å². The van der Waals surface area contributed by atoms with Crippen LogP contribution in [0.2, 0.25) is 0 Å². The minimum Gasteiger partial charge on any atom is -0.427 e. The van der Waals surface area contributed by atoms with E-state index in [1.807, 2.05) is 38.1 Å². The number of methoxy groups -OCH3 is 1. The van der Waals surface area contributed by atoms with Crippen molar-refractivity contribution >= 4 is 12.9 Å². The van der Waals surface area contributed by atoms with E-state index in [1.165, 1.54) is 0 Å². The first-order valence-electron chi connectivity index (χ1n) is 9.31. The maximum atomic E-state index is 10.1. The van der Waals surface area contributed by atoms with Gasteiger partial charge in [-0.1, -0.05) is 29.7 Å². The second-order valence-corrected chi connectivity index (χ2v) is 7.32. The van der Waals surface area contributed by atoms with Crippen LogP contribution < -0.4 is 5.46 Å². The quantitative estimate of drug-likeness (QED) is 0.369. The SMILES string of the molecule is COCCOCCOCCOCc1ccc([B]OC(C)(C)C(C)(C)O)cc1. The van der Waals surface area contributed by atoms with Gasteiger partial charge in [0.25, 0.3) is 0 Å². The fraction of sp³-hybridized carbons (Fsp3) is 0.700. The second kappa shape index (κ2) is 12.5. The molecular weight excluding hydrogens is 347 g/mol. The summed E-state index contributed by atoms with van der Waals surface area (Å²) in [5.41, 5.74) is 0.406. The molecule has 27 heavy (non-hydrogen) atoms. The minimum atomic E-state index is -0.935. The first-order valence-corrected chi connectivity index (χ1v) is 9.31. The van der Waals surface area contributed by atoms with Crippen LogP contribution in [0, 0.1) is 0 Å². The van der Waals surface area contributed by atoms with E-state index in [2.05, 4.69) is 0 Å². The molecule has 0 atom stereocenters. The van der Waals surface area contributed by atoms with E-state index in [0.29, 0.717) is 46.2 Å². The van der Waals surface area contributed by atoms with E-state index < -0.39 is 11.2 Å². The molecular formula is C20H34BO6. The molecule has 0 aliphatic heterocycles. The Bertz CT molecular complexity index is 498. The Hall–Kier alpha value is -0.955. The van der Waals surface area contributed by atoms with Gasteiger partial charge in [0.2, 0.25) is 0 Å². The fourth-order valence-corrected chi connectivity index (χ4v) is 1.82. The molecule has 1 N–H and O–H groups in total. The third-order valence-electron chi connectivity index (χ3n) is 4.39. The molecule has 1 aromatic rings. The van der Waals surface area contributed by atoms with Crippen molar-refractivity contribution in [1.29, 1.82) is 0 Å². The number of hydrogen-bond donors (Lipinski definition) is 1. The Labute approximate surface area is 164 Å². The third kappa shape index (κ3) is 10.2. The average molecular weight is 381 g/mol. The summed E-state index contributed by atoms with van der Waals surface area (Å²) < 4.78 is 27.0. The normalized spacial score (nSPS) is 12.4. The Balaban J connectivity index is 2.15. The zero-order valence-electron chi connectivity index (χ0n) is 17.3. The molecule has 0 heterocycles. The van der Waals surface area contributed by atoms with E-state index in [1.54, 1.807) is 28.4 Å². The van der Waals surface area contributed by atoms with Crippen molar-refractivity contribution in [3.8, 4) is 0 Å². The van der Waals surface area contributed by atoms with Crippen molar-refractivity contribution < 1.29 is 28.7 Å². The molecule has 0 fully saturated rings. The molecule has 153 valence electrons. The molecule has 0 aliphatic carbocycles. The molecule has 1 rings (SSSR count). The first-order chi connectivity index (χ1) is 12.8. The van der Waals surface area contributed by atoms with Gasteiger partial charge in [-0.15, -0.1) is 0 Å². The molecule has 1 radical (unpaired) electrons. The number of benzene rings is 1. The topological polar surface area (TPSA) is 66.4 Å². The molecule has 0 amide bonds. The van der Waals surface area contributed by atoms with E-state index in [-0.39, 0.29) is 0 Å². The van der Waals surface area contributed by atoms with E-state index in [9.17, 15) is 5.11 Å². The fourth-order valence-electron chi connectivity index (χ4n) is 1.82. The molecule has 1 aromatic carbocycles. The van der Waals surface area contributed by atoms with Crippen LogP contribution in [0.1, 0.15) is 33.3 Å². The summed E-state index contributed by atoms with van der Waals surface area (Å²) in [5, 5.41) is 10.1. The van der Waals surface area contributed by atoms with E-state index in [4.69, 9.17) is 23.6 Å².